The van der Waals surface area contributed by atoms with Crippen LogP contribution in [0.3, 0.4) is 0 Å². The summed E-state index contributed by atoms with van der Waals surface area (Å²) >= 11 is 5.97. The summed E-state index contributed by atoms with van der Waals surface area (Å²) < 4.78 is 7.00. The number of benzene rings is 1. The van der Waals surface area contributed by atoms with Crippen LogP contribution in [0.1, 0.15) is 11.3 Å². The zero-order valence-corrected chi connectivity index (χ0v) is 13.9. The Hall–Kier alpha value is -2.44. The van der Waals surface area contributed by atoms with Crippen molar-refractivity contribution in [2.24, 2.45) is 0 Å². The highest BCUT2D eigenvalue weighted by Crippen LogP contribution is 2.27. The zero-order valence-electron chi connectivity index (χ0n) is 13.2. The number of aliphatic hydroxyl groups excluding tert-OH is 1. The molecule has 1 aromatic carbocycles. The molecule has 0 aliphatic rings. The second-order valence-electron chi connectivity index (χ2n) is 5.38. The fraction of sp³-hybridized carbons (Fsp3) is 0.235. The quantitative estimate of drug-likeness (QED) is 0.636. The zero-order chi connectivity index (χ0) is 17.1. The summed E-state index contributed by atoms with van der Waals surface area (Å²) in [5, 5.41) is 27.4. The molecule has 0 bridgehead atoms. The van der Waals surface area contributed by atoms with Gasteiger partial charge in [0.05, 0.1) is 25.1 Å². The Labute approximate surface area is 144 Å². The molecule has 126 valence electrons. The normalized spacial score (nSPS) is 11.0. The lowest BCUT2D eigenvalue weighted by molar-refractivity contribution is 0.270. The Morgan fingerprint density at radius 2 is 2.12 bits per heavy atom. The van der Waals surface area contributed by atoms with Gasteiger partial charge in [0, 0.05) is 28.8 Å². The van der Waals surface area contributed by atoms with E-state index in [0.717, 1.165) is 22.8 Å². The molecule has 0 radical (unpaired) electrons. The number of anilines is 1. The minimum absolute atomic E-state index is 0.0252. The second-order valence-corrected chi connectivity index (χ2v) is 5.82. The van der Waals surface area contributed by atoms with E-state index < -0.39 is 0 Å². The Bertz CT molecular complexity index is 841. The Kier molecular flexibility index (Phi) is 4.78. The molecule has 3 rings (SSSR count). The van der Waals surface area contributed by atoms with Gasteiger partial charge in [-0.3, -0.25) is 0 Å². The number of aryl methyl sites for hydroxylation is 1. The first-order chi connectivity index (χ1) is 11.6. The number of rotatable bonds is 6. The highest BCUT2D eigenvalue weighted by Gasteiger charge is 2.13. The van der Waals surface area contributed by atoms with Gasteiger partial charge in [0.25, 0.3) is 0 Å². The minimum atomic E-state index is -0.0252. The molecule has 24 heavy (non-hydrogen) atoms. The molecular formula is C17H18ClN3O3. The van der Waals surface area contributed by atoms with E-state index in [4.69, 9.17) is 16.0 Å². The van der Waals surface area contributed by atoms with E-state index in [1.54, 1.807) is 29.1 Å². The Balaban J connectivity index is 1.85. The van der Waals surface area contributed by atoms with Gasteiger partial charge in [-0.2, -0.15) is 5.10 Å². The van der Waals surface area contributed by atoms with E-state index in [1.807, 2.05) is 19.1 Å². The van der Waals surface area contributed by atoms with E-state index in [9.17, 15) is 10.2 Å². The molecule has 0 unspecified atom stereocenters. The third kappa shape index (κ3) is 3.39. The number of aromatic nitrogens is 2. The first-order valence-electron chi connectivity index (χ1n) is 7.53. The third-order valence-corrected chi connectivity index (χ3v) is 3.96. The first-order valence-corrected chi connectivity index (χ1v) is 7.90. The molecule has 2 heterocycles. The predicted molar refractivity (Wildman–Crippen MR) is 92.2 cm³/mol. The van der Waals surface area contributed by atoms with Crippen LogP contribution >= 0.6 is 11.6 Å². The van der Waals surface area contributed by atoms with Crippen molar-refractivity contribution in [3.8, 4) is 17.0 Å². The summed E-state index contributed by atoms with van der Waals surface area (Å²) in [6.45, 7) is 2.59. The van der Waals surface area contributed by atoms with Gasteiger partial charge in [0.2, 0.25) is 0 Å². The number of phenolic OH excluding ortho intramolecular Hbond substituents is 1. The predicted octanol–water partition coefficient (Wildman–Crippen LogP) is 3.41. The smallest absolute Gasteiger partial charge is 0.125 e. The third-order valence-electron chi connectivity index (χ3n) is 3.73. The van der Waals surface area contributed by atoms with Crippen molar-refractivity contribution in [1.29, 1.82) is 0 Å². The number of nitrogens with zero attached hydrogens (tertiary/aromatic N) is 2. The summed E-state index contributed by atoms with van der Waals surface area (Å²) in [4.78, 5) is 0. The van der Waals surface area contributed by atoms with Crippen LogP contribution in [0, 0.1) is 6.92 Å². The van der Waals surface area contributed by atoms with Gasteiger partial charge < -0.3 is 19.9 Å². The molecule has 0 fully saturated rings. The van der Waals surface area contributed by atoms with Crippen molar-refractivity contribution >= 4 is 17.4 Å². The van der Waals surface area contributed by atoms with E-state index in [-0.39, 0.29) is 12.4 Å². The van der Waals surface area contributed by atoms with Gasteiger partial charge in [-0.25, -0.2) is 4.68 Å². The molecule has 2 aromatic heterocycles. The van der Waals surface area contributed by atoms with Gasteiger partial charge in [-0.1, -0.05) is 11.6 Å². The van der Waals surface area contributed by atoms with E-state index >= 15 is 0 Å². The molecule has 0 saturated carbocycles. The Morgan fingerprint density at radius 1 is 1.29 bits per heavy atom. The summed E-state index contributed by atoms with van der Waals surface area (Å²) in [5.74, 6) is 1.69. The standard InChI is InChI=1S/C17H18ClN3O3/c1-11-14(4-7-24-11)15-9-17(21(20-15)5-6-22)19-10-12-8-13(18)2-3-16(12)23/h2-4,7-9,19,22-23H,5-6,10H2,1H3. The SMILES string of the molecule is Cc1occc1-c1cc(NCc2cc(Cl)ccc2O)n(CCO)n1. The molecule has 0 atom stereocenters. The molecule has 6 nitrogen and oxygen atoms in total. The number of hydrogen-bond acceptors (Lipinski definition) is 5. The van der Waals surface area contributed by atoms with Gasteiger partial charge >= 0.3 is 0 Å². The number of nitrogens with one attached hydrogen (secondary N) is 1. The average Bonchev–Trinajstić information content (AvgIpc) is 3.15. The molecule has 0 amide bonds. The Morgan fingerprint density at radius 3 is 2.83 bits per heavy atom. The van der Waals surface area contributed by atoms with E-state index in [1.165, 1.54) is 0 Å². The van der Waals surface area contributed by atoms with Crippen molar-refractivity contribution in [3.05, 3.63) is 52.9 Å². The van der Waals surface area contributed by atoms with Crippen LogP contribution in [0.15, 0.2) is 41.0 Å². The molecule has 0 spiro atoms. The van der Waals surface area contributed by atoms with Crippen LogP contribution in [-0.4, -0.2) is 26.6 Å². The largest absolute Gasteiger partial charge is 0.508 e. The average molecular weight is 348 g/mol. The molecule has 3 aromatic rings. The summed E-state index contributed by atoms with van der Waals surface area (Å²) in [7, 11) is 0. The topological polar surface area (TPSA) is 83.5 Å². The van der Waals surface area contributed by atoms with Gasteiger partial charge in [0.1, 0.15) is 17.3 Å². The molecule has 3 N–H and O–H groups in total. The van der Waals surface area contributed by atoms with Crippen LogP contribution in [0.2, 0.25) is 5.02 Å². The fourth-order valence-electron chi connectivity index (χ4n) is 2.49. The van der Waals surface area contributed by atoms with Crippen molar-refractivity contribution in [2.45, 2.75) is 20.0 Å². The van der Waals surface area contributed by atoms with Crippen LogP contribution in [-0.2, 0) is 13.1 Å². The summed E-state index contributed by atoms with van der Waals surface area (Å²) in [6.07, 6.45) is 1.62. The van der Waals surface area contributed by atoms with Crippen LogP contribution in [0.5, 0.6) is 5.75 Å². The monoisotopic (exact) mass is 347 g/mol. The molecule has 0 saturated heterocycles. The first kappa shape index (κ1) is 16.4. The van der Waals surface area contributed by atoms with Gasteiger partial charge in [-0.15, -0.1) is 0 Å². The van der Waals surface area contributed by atoms with Crippen LogP contribution < -0.4 is 5.32 Å². The maximum Gasteiger partial charge on any atom is 0.125 e. The number of hydrogen-bond donors (Lipinski definition) is 3. The molecule has 7 heteroatoms. The highest BCUT2D eigenvalue weighted by molar-refractivity contribution is 6.30. The lowest BCUT2D eigenvalue weighted by atomic mass is 10.2. The van der Waals surface area contributed by atoms with E-state index in [2.05, 4.69) is 10.4 Å². The lowest BCUT2D eigenvalue weighted by Gasteiger charge is -2.10. The minimum Gasteiger partial charge on any atom is -0.508 e. The summed E-state index contributed by atoms with van der Waals surface area (Å²) in [5.41, 5.74) is 2.34. The number of phenols is 1. The van der Waals surface area contributed by atoms with Crippen LogP contribution in [0.25, 0.3) is 11.3 Å². The molecular weight excluding hydrogens is 330 g/mol. The van der Waals surface area contributed by atoms with Gasteiger partial charge in [-0.05, 0) is 31.2 Å². The maximum absolute atomic E-state index is 9.90. The van der Waals surface area contributed by atoms with Crippen molar-refractivity contribution in [2.75, 3.05) is 11.9 Å². The lowest BCUT2D eigenvalue weighted by Crippen LogP contribution is -2.10. The highest BCUT2D eigenvalue weighted by atomic mass is 35.5. The van der Waals surface area contributed by atoms with Crippen molar-refractivity contribution < 1.29 is 14.6 Å². The van der Waals surface area contributed by atoms with E-state index in [0.29, 0.717) is 23.7 Å². The number of furan rings is 1. The summed E-state index contributed by atoms with van der Waals surface area (Å²) in [6, 6.07) is 8.64. The second kappa shape index (κ2) is 6.98. The fourth-order valence-corrected chi connectivity index (χ4v) is 2.68. The van der Waals surface area contributed by atoms with Crippen LogP contribution in [0.4, 0.5) is 5.82 Å². The molecule has 0 aliphatic heterocycles. The van der Waals surface area contributed by atoms with Crippen molar-refractivity contribution in [1.82, 2.24) is 9.78 Å². The van der Waals surface area contributed by atoms with Gasteiger partial charge in [0.15, 0.2) is 0 Å². The molecule has 0 aliphatic carbocycles. The van der Waals surface area contributed by atoms with Crippen molar-refractivity contribution in [3.63, 3.8) is 0 Å². The number of aromatic hydroxyl groups is 1. The maximum atomic E-state index is 9.90. The number of aliphatic hydroxyl groups is 1. The number of halogens is 1.